The molecular weight excluding hydrogens is 162 g/mol. The summed E-state index contributed by atoms with van der Waals surface area (Å²) >= 11 is 0. The Kier molecular flexibility index (Phi) is 3.96. The van der Waals surface area contributed by atoms with Gasteiger partial charge in [0.1, 0.15) is 0 Å². The minimum atomic E-state index is 0.592. The van der Waals surface area contributed by atoms with Crippen molar-refractivity contribution in [2.75, 3.05) is 6.54 Å². The van der Waals surface area contributed by atoms with Crippen LogP contribution in [0.4, 0.5) is 0 Å². The van der Waals surface area contributed by atoms with Crippen molar-refractivity contribution >= 4 is 0 Å². The Balaban J connectivity index is 2.46. The Hall–Kier alpha value is -0.830. The van der Waals surface area contributed by atoms with E-state index in [0.29, 0.717) is 6.04 Å². The fourth-order valence-corrected chi connectivity index (χ4v) is 1.51. The molecule has 0 bridgehead atoms. The number of rotatable bonds is 5. The van der Waals surface area contributed by atoms with Crippen LogP contribution in [0.5, 0.6) is 0 Å². The van der Waals surface area contributed by atoms with Crippen LogP contribution < -0.4 is 5.32 Å². The summed E-state index contributed by atoms with van der Waals surface area (Å²) in [5.41, 5.74) is 1.32. The van der Waals surface area contributed by atoms with Gasteiger partial charge >= 0.3 is 0 Å². The molecule has 1 atom stereocenters. The molecule has 0 fully saturated rings. The molecule has 74 valence electrons. The highest BCUT2D eigenvalue weighted by atomic mass is 15.2. The summed E-state index contributed by atoms with van der Waals surface area (Å²) in [7, 11) is 1.96. The van der Waals surface area contributed by atoms with Crippen LogP contribution in [0, 0.1) is 0 Å². The standard InChI is InChI=1S/C10H19N3/c1-4-10(11-5-2)6-9-7-12-13(3)8-9/h7-8,10-11H,4-6H2,1-3H3. The molecule has 0 spiro atoms. The van der Waals surface area contributed by atoms with E-state index in [4.69, 9.17) is 0 Å². The molecule has 0 saturated carbocycles. The number of aromatic nitrogens is 2. The fraction of sp³-hybridized carbons (Fsp3) is 0.700. The first kappa shape index (κ1) is 10.3. The molecule has 0 radical (unpaired) electrons. The molecule has 0 amide bonds. The van der Waals surface area contributed by atoms with E-state index in [9.17, 15) is 0 Å². The largest absolute Gasteiger partial charge is 0.314 e. The van der Waals surface area contributed by atoms with Crippen molar-refractivity contribution in [3.63, 3.8) is 0 Å². The van der Waals surface area contributed by atoms with Crippen molar-refractivity contribution in [3.8, 4) is 0 Å². The highest BCUT2D eigenvalue weighted by Gasteiger charge is 2.06. The van der Waals surface area contributed by atoms with Crippen LogP contribution in [-0.2, 0) is 13.5 Å². The van der Waals surface area contributed by atoms with Crippen LogP contribution >= 0.6 is 0 Å². The number of nitrogens with zero attached hydrogens (tertiary/aromatic N) is 2. The van der Waals surface area contributed by atoms with Crippen LogP contribution in [0.25, 0.3) is 0 Å². The monoisotopic (exact) mass is 181 g/mol. The predicted octanol–water partition coefficient (Wildman–Crippen LogP) is 1.35. The van der Waals surface area contributed by atoms with E-state index in [-0.39, 0.29) is 0 Å². The molecule has 0 saturated heterocycles. The van der Waals surface area contributed by atoms with Gasteiger partial charge < -0.3 is 5.32 Å². The lowest BCUT2D eigenvalue weighted by molar-refractivity contribution is 0.510. The molecular formula is C10H19N3. The fourth-order valence-electron chi connectivity index (χ4n) is 1.51. The van der Waals surface area contributed by atoms with Crippen LogP contribution in [-0.4, -0.2) is 22.4 Å². The summed E-state index contributed by atoms with van der Waals surface area (Å²) in [5, 5.41) is 7.61. The first-order chi connectivity index (χ1) is 6.26. The molecule has 0 aliphatic rings. The van der Waals surface area contributed by atoms with Gasteiger partial charge in [0.25, 0.3) is 0 Å². The zero-order valence-corrected chi connectivity index (χ0v) is 8.75. The minimum Gasteiger partial charge on any atom is -0.314 e. The van der Waals surface area contributed by atoms with Gasteiger partial charge in [0.05, 0.1) is 6.20 Å². The highest BCUT2D eigenvalue weighted by molar-refractivity contribution is 5.05. The van der Waals surface area contributed by atoms with Gasteiger partial charge in [-0.2, -0.15) is 5.10 Å². The molecule has 1 heterocycles. The van der Waals surface area contributed by atoms with Crippen LogP contribution in [0.3, 0.4) is 0 Å². The summed E-state index contributed by atoms with van der Waals surface area (Å²) in [4.78, 5) is 0. The summed E-state index contributed by atoms with van der Waals surface area (Å²) in [6, 6.07) is 0.592. The topological polar surface area (TPSA) is 29.9 Å². The Morgan fingerprint density at radius 1 is 1.54 bits per heavy atom. The van der Waals surface area contributed by atoms with Crippen molar-refractivity contribution < 1.29 is 0 Å². The van der Waals surface area contributed by atoms with Crippen molar-refractivity contribution in [1.29, 1.82) is 0 Å². The Labute approximate surface area is 80.1 Å². The number of nitrogens with one attached hydrogen (secondary N) is 1. The quantitative estimate of drug-likeness (QED) is 0.743. The highest BCUT2D eigenvalue weighted by Crippen LogP contribution is 2.03. The van der Waals surface area contributed by atoms with Gasteiger partial charge in [-0.15, -0.1) is 0 Å². The third-order valence-electron chi connectivity index (χ3n) is 2.23. The zero-order valence-electron chi connectivity index (χ0n) is 8.75. The van der Waals surface area contributed by atoms with Crippen molar-refractivity contribution in [1.82, 2.24) is 15.1 Å². The molecule has 13 heavy (non-hydrogen) atoms. The second kappa shape index (κ2) is 5.02. The number of hydrogen-bond donors (Lipinski definition) is 1. The van der Waals surface area contributed by atoms with Crippen LogP contribution in [0.15, 0.2) is 12.4 Å². The zero-order chi connectivity index (χ0) is 9.68. The number of likely N-dealkylation sites (N-methyl/N-ethyl adjacent to an activating group) is 1. The summed E-state index contributed by atoms with van der Waals surface area (Å²) < 4.78 is 1.86. The van der Waals surface area contributed by atoms with Gasteiger partial charge in [0, 0.05) is 19.3 Å². The molecule has 3 nitrogen and oxygen atoms in total. The molecule has 3 heteroatoms. The maximum Gasteiger partial charge on any atom is 0.0522 e. The SMILES string of the molecule is CCNC(CC)Cc1cnn(C)c1. The minimum absolute atomic E-state index is 0.592. The van der Waals surface area contributed by atoms with Gasteiger partial charge in [-0.1, -0.05) is 13.8 Å². The maximum absolute atomic E-state index is 4.15. The van der Waals surface area contributed by atoms with Crippen LogP contribution in [0.2, 0.25) is 0 Å². The van der Waals surface area contributed by atoms with E-state index >= 15 is 0 Å². The summed E-state index contributed by atoms with van der Waals surface area (Å²) in [6.45, 7) is 5.40. The first-order valence-corrected chi connectivity index (χ1v) is 4.97. The van der Waals surface area contributed by atoms with E-state index in [2.05, 4.69) is 30.5 Å². The Bertz CT molecular complexity index is 242. The molecule has 0 aliphatic carbocycles. The lowest BCUT2D eigenvalue weighted by Crippen LogP contribution is -2.29. The second-order valence-corrected chi connectivity index (χ2v) is 3.39. The van der Waals surface area contributed by atoms with E-state index in [1.54, 1.807) is 0 Å². The van der Waals surface area contributed by atoms with Gasteiger partial charge in [0.2, 0.25) is 0 Å². The molecule has 1 unspecified atom stereocenters. The van der Waals surface area contributed by atoms with Gasteiger partial charge in [0.15, 0.2) is 0 Å². The second-order valence-electron chi connectivity index (χ2n) is 3.39. The smallest absolute Gasteiger partial charge is 0.0522 e. The van der Waals surface area contributed by atoms with E-state index in [0.717, 1.165) is 13.0 Å². The molecule has 1 aromatic heterocycles. The molecule has 0 aliphatic heterocycles. The molecule has 1 aromatic rings. The number of hydrogen-bond acceptors (Lipinski definition) is 2. The maximum atomic E-state index is 4.15. The lowest BCUT2D eigenvalue weighted by atomic mass is 10.1. The van der Waals surface area contributed by atoms with E-state index in [1.165, 1.54) is 12.0 Å². The Morgan fingerprint density at radius 2 is 2.31 bits per heavy atom. The average molecular weight is 181 g/mol. The van der Waals surface area contributed by atoms with Gasteiger partial charge in [-0.05, 0) is 24.9 Å². The third-order valence-corrected chi connectivity index (χ3v) is 2.23. The van der Waals surface area contributed by atoms with Crippen molar-refractivity contribution in [2.24, 2.45) is 7.05 Å². The Morgan fingerprint density at radius 3 is 2.77 bits per heavy atom. The normalized spacial score (nSPS) is 13.2. The van der Waals surface area contributed by atoms with E-state index < -0.39 is 0 Å². The number of aryl methyl sites for hydroxylation is 1. The van der Waals surface area contributed by atoms with Gasteiger partial charge in [-0.25, -0.2) is 0 Å². The van der Waals surface area contributed by atoms with E-state index in [1.807, 2.05) is 17.9 Å². The van der Waals surface area contributed by atoms with Crippen LogP contribution in [0.1, 0.15) is 25.8 Å². The lowest BCUT2D eigenvalue weighted by Gasteiger charge is -2.13. The first-order valence-electron chi connectivity index (χ1n) is 4.97. The molecule has 1 N–H and O–H groups in total. The summed E-state index contributed by atoms with van der Waals surface area (Å²) in [5.74, 6) is 0. The third kappa shape index (κ3) is 3.19. The van der Waals surface area contributed by atoms with Crippen molar-refractivity contribution in [3.05, 3.63) is 18.0 Å². The van der Waals surface area contributed by atoms with Crippen molar-refractivity contribution in [2.45, 2.75) is 32.7 Å². The van der Waals surface area contributed by atoms with Gasteiger partial charge in [-0.3, -0.25) is 4.68 Å². The molecule has 0 aromatic carbocycles. The molecule has 1 rings (SSSR count). The summed E-state index contributed by atoms with van der Waals surface area (Å²) in [6.07, 6.45) is 6.28. The average Bonchev–Trinajstić information content (AvgIpc) is 2.50. The predicted molar refractivity (Wildman–Crippen MR) is 54.7 cm³/mol.